The summed E-state index contributed by atoms with van der Waals surface area (Å²) < 4.78 is 1.03. The molecule has 0 amide bonds. The highest BCUT2D eigenvalue weighted by Crippen LogP contribution is 2.22. The molecule has 27 heavy (non-hydrogen) atoms. The maximum absolute atomic E-state index is 6.99. The maximum atomic E-state index is 6.99. The van der Waals surface area contributed by atoms with Crippen LogP contribution in [0.4, 0.5) is 0 Å². The molecular weight excluding hydrogens is 396 g/mol. The minimum Gasteiger partial charge on any atom is -0.398 e. The second kappa shape index (κ2) is 12.7. The lowest BCUT2D eigenvalue weighted by Crippen LogP contribution is -1.97. The number of nitrogens with two attached hydrogens (primary N) is 1. The standard InChI is InChI=1S/C22H21BrN2.C2H6/c1-17-7-9-18(10-8-17)20(6-4-2-3-5-15-24)16-22(25)19-11-13-21(23)14-12-19;1-2/h2-16,24H,25H2,1H3;1-2H3/b4-2-,5-3-,20-6-,22-16-,24-15?;. The number of aryl methyl sites for hydroxylation is 1. The molecule has 0 aliphatic carbocycles. The third-order valence-corrected chi connectivity index (χ3v) is 4.11. The average molecular weight is 423 g/mol. The Balaban J connectivity index is 0.00000176. The van der Waals surface area contributed by atoms with Crippen molar-refractivity contribution in [1.82, 2.24) is 0 Å². The lowest BCUT2D eigenvalue weighted by Gasteiger charge is -2.07. The third-order valence-electron chi connectivity index (χ3n) is 3.58. The number of benzene rings is 2. The smallest absolute Gasteiger partial charge is 0.0393 e. The number of hydrogen-bond donors (Lipinski definition) is 2. The van der Waals surface area contributed by atoms with E-state index in [1.165, 1.54) is 11.8 Å². The normalized spacial score (nSPS) is 12.1. The van der Waals surface area contributed by atoms with E-state index in [0.717, 1.165) is 21.2 Å². The third kappa shape index (κ3) is 8.06. The van der Waals surface area contributed by atoms with Crippen molar-refractivity contribution in [2.45, 2.75) is 20.8 Å². The van der Waals surface area contributed by atoms with Crippen LogP contribution in [0, 0.1) is 12.3 Å². The molecule has 2 aromatic carbocycles. The predicted molar refractivity (Wildman–Crippen MR) is 124 cm³/mol. The first-order valence-electron chi connectivity index (χ1n) is 8.94. The van der Waals surface area contributed by atoms with Crippen LogP contribution < -0.4 is 5.73 Å². The van der Waals surface area contributed by atoms with Crippen LogP contribution in [0.2, 0.25) is 0 Å². The van der Waals surface area contributed by atoms with Gasteiger partial charge in [0.15, 0.2) is 0 Å². The Morgan fingerprint density at radius 3 is 2.00 bits per heavy atom. The van der Waals surface area contributed by atoms with Crippen molar-refractivity contribution in [3.8, 4) is 0 Å². The Morgan fingerprint density at radius 1 is 0.852 bits per heavy atom. The SMILES string of the molecule is CC.Cc1ccc(C(/C=C(\N)c2ccc(Br)cc2)=C\C=C/C=C\C=N)cc1. The van der Waals surface area contributed by atoms with E-state index in [-0.39, 0.29) is 0 Å². The number of halogens is 1. The second-order valence-corrected chi connectivity index (χ2v) is 6.45. The molecule has 0 atom stereocenters. The highest BCUT2D eigenvalue weighted by Gasteiger charge is 2.02. The van der Waals surface area contributed by atoms with E-state index in [0.29, 0.717) is 5.70 Å². The van der Waals surface area contributed by atoms with Crippen molar-refractivity contribution in [3.63, 3.8) is 0 Å². The first-order valence-corrected chi connectivity index (χ1v) is 9.73. The van der Waals surface area contributed by atoms with E-state index in [1.54, 1.807) is 6.08 Å². The van der Waals surface area contributed by atoms with Crippen LogP contribution >= 0.6 is 15.9 Å². The molecule has 0 aliphatic heterocycles. The van der Waals surface area contributed by atoms with Crippen molar-refractivity contribution >= 4 is 33.4 Å². The number of rotatable bonds is 6. The van der Waals surface area contributed by atoms with Crippen LogP contribution in [0.1, 0.15) is 30.5 Å². The van der Waals surface area contributed by atoms with Gasteiger partial charge in [0.25, 0.3) is 0 Å². The second-order valence-electron chi connectivity index (χ2n) is 5.53. The van der Waals surface area contributed by atoms with Gasteiger partial charge in [-0.3, -0.25) is 0 Å². The lowest BCUT2D eigenvalue weighted by atomic mass is 10.0. The number of allylic oxidation sites excluding steroid dienone is 7. The molecule has 0 fully saturated rings. The lowest BCUT2D eigenvalue weighted by molar-refractivity contribution is 1.45. The summed E-state index contributed by atoms with van der Waals surface area (Å²) in [6, 6.07) is 16.3. The molecule has 0 unspecified atom stereocenters. The Hall–Kier alpha value is -2.65. The molecule has 3 heteroatoms. The van der Waals surface area contributed by atoms with Gasteiger partial charge in [-0.1, -0.05) is 96.0 Å². The molecular formula is C24H27BrN2. The summed E-state index contributed by atoms with van der Waals surface area (Å²) in [5.74, 6) is 0. The van der Waals surface area contributed by atoms with Crippen molar-refractivity contribution in [1.29, 1.82) is 5.41 Å². The van der Waals surface area contributed by atoms with Gasteiger partial charge in [-0.25, -0.2) is 0 Å². The van der Waals surface area contributed by atoms with Crippen molar-refractivity contribution < 1.29 is 0 Å². The average Bonchev–Trinajstić information content (AvgIpc) is 2.69. The zero-order chi connectivity index (χ0) is 20.1. The fourth-order valence-corrected chi connectivity index (χ4v) is 2.47. The molecule has 2 rings (SSSR count). The molecule has 0 spiro atoms. The monoisotopic (exact) mass is 422 g/mol. The summed E-state index contributed by atoms with van der Waals surface area (Å²) in [7, 11) is 0. The largest absolute Gasteiger partial charge is 0.398 e. The van der Waals surface area contributed by atoms with Crippen LogP contribution in [0.15, 0.2) is 89.5 Å². The fraction of sp³-hybridized carbons (Fsp3) is 0.125. The van der Waals surface area contributed by atoms with Crippen LogP contribution in [0.5, 0.6) is 0 Å². The number of hydrogen-bond acceptors (Lipinski definition) is 2. The Morgan fingerprint density at radius 2 is 1.41 bits per heavy atom. The van der Waals surface area contributed by atoms with Gasteiger partial charge in [0.2, 0.25) is 0 Å². The molecule has 3 N–H and O–H groups in total. The summed E-state index contributed by atoms with van der Waals surface area (Å²) in [5.41, 5.74) is 11.3. The Labute approximate surface area is 171 Å². The molecule has 0 heterocycles. The van der Waals surface area contributed by atoms with Gasteiger partial charge in [0.1, 0.15) is 0 Å². The van der Waals surface area contributed by atoms with Crippen LogP contribution in [0.3, 0.4) is 0 Å². The van der Waals surface area contributed by atoms with E-state index < -0.39 is 0 Å². The highest BCUT2D eigenvalue weighted by atomic mass is 79.9. The van der Waals surface area contributed by atoms with Gasteiger partial charge in [-0.2, -0.15) is 0 Å². The van der Waals surface area contributed by atoms with Crippen molar-refractivity contribution in [2.75, 3.05) is 0 Å². The molecule has 0 aromatic heterocycles. The van der Waals surface area contributed by atoms with Crippen molar-refractivity contribution in [2.24, 2.45) is 5.73 Å². The molecule has 0 bridgehead atoms. The van der Waals surface area contributed by atoms with Gasteiger partial charge >= 0.3 is 0 Å². The van der Waals surface area contributed by atoms with Gasteiger partial charge in [0, 0.05) is 16.4 Å². The zero-order valence-corrected chi connectivity index (χ0v) is 17.7. The topological polar surface area (TPSA) is 49.9 Å². The maximum Gasteiger partial charge on any atom is 0.0393 e. The van der Waals surface area contributed by atoms with E-state index in [4.69, 9.17) is 11.1 Å². The first kappa shape index (κ1) is 22.4. The van der Waals surface area contributed by atoms with E-state index in [1.807, 2.05) is 68.5 Å². The summed E-state index contributed by atoms with van der Waals surface area (Å²) >= 11 is 3.44. The van der Waals surface area contributed by atoms with Crippen LogP contribution in [0.25, 0.3) is 11.3 Å². The minimum atomic E-state index is 0.711. The molecule has 140 valence electrons. The molecule has 0 radical (unpaired) electrons. The highest BCUT2D eigenvalue weighted by molar-refractivity contribution is 9.10. The van der Waals surface area contributed by atoms with Gasteiger partial charge in [-0.15, -0.1) is 0 Å². The molecule has 2 aromatic rings. The van der Waals surface area contributed by atoms with E-state index >= 15 is 0 Å². The summed E-state index contributed by atoms with van der Waals surface area (Å²) in [5, 5.41) is 6.99. The van der Waals surface area contributed by atoms with E-state index in [9.17, 15) is 0 Å². The predicted octanol–water partition coefficient (Wildman–Crippen LogP) is 6.93. The molecule has 0 saturated carbocycles. The number of nitrogens with one attached hydrogen (secondary N) is 1. The summed E-state index contributed by atoms with van der Waals surface area (Å²) in [4.78, 5) is 0. The fourth-order valence-electron chi connectivity index (χ4n) is 2.21. The van der Waals surface area contributed by atoms with Gasteiger partial charge in [0.05, 0.1) is 0 Å². The molecule has 0 saturated heterocycles. The van der Waals surface area contributed by atoms with Gasteiger partial charge < -0.3 is 11.1 Å². The zero-order valence-electron chi connectivity index (χ0n) is 16.1. The van der Waals surface area contributed by atoms with Crippen LogP contribution in [-0.4, -0.2) is 6.21 Å². The molecule has 0 aliphatic rings. The minimum absolute atomic E-state index is 0.711. The molecule has 2 nitrogen and oxygen atoms in total. The quantitative estimate of drug-likeness (QED) is 0.384. The van der Waals surface area contributed by atoms with Crippen LogP contribution in [-0.2, 0) is 0 Å². The summed E-state index contributed by atoms with van der Waals surface area (Å²) in [6.45, 7) is 6.07. The first-order chi connectivity index (χ1) is 13.1. The summed E-state index contributed by atoms with van der Waals surface area (Å²) in [6.07, 6.45) is 12.6. The van der Waals surface area contributed by atoms with E-state index in [2.05, 4.69) is 47.1 Å². The Bertz CT molecular complexity index is 824. The van der Waals surface area contributed by atoms with Gasteiger partial charge in [-0.05, 0) is 47.9 Å². The Kier molecular flexibility index (Phi) is 10.5. The van der Waals surface area contributed by atoms with Crippen molar-refractivity contribution in [3.05, 3.63) is 106 Å².